The molecule has 0 aromatic heterocycles. The van der Waals surface area contributed by atoms with E-state index in [1.165, 1.54) is 12.8 Å². The molecular weight excluding hydrogens is 240 g/mol. The Morgan fingerprint density at radius 1 is 1.16 bits per heavy atom. The molecule has 2 amide bonds. The Hall–Kier alpha value is -1.06. The maximum atomic E-state index is 12.3. The Morgan fingerprint density at radius 3 is 2.37 bits per heavy atom. The van der Waals surface area contributed by atoms with Crippen molar-refractivity contribution in [2.24, 2.45) is 11.8 Å². The lowest BCUT2D eigenvalue weighted by molar-refractivity contribution is -0.134. The normalized spacial score (nSPS) is 28.4. The zero-order valence-corrected chi connectivity index (χ0v) is 12.2. The molecule has 19 heavy (non-hydrogen) atoms. The molecule has 1 heterocycles. The third kappa shape index (κ3) is 3.71. The van der Waals surface area contributed by atoms with Crippen molar-refractivity contribution < 1.29 is 9.59 Å². The zero-order chi connectivity index (χ0) is 13.8. The summed E-state index contributed by atoms with van der Waals surface area (Å²) in [6.45, 7) is 5.83. The third-order valence-corrected chi connectivity index (χ3v) is 4.36. The predicted molar refractivity (Wildman–Crippen MR) is 74.5 cm³/mol. The van der Waals surface area contributed by atoms with E-state index in [2.05, 4.69) is 12.2 Å². The number of nitrogens with zero attached hydrogens (tertiary/aromatic N) is 1. The van der Waals surface area contributed by atoms with Crippen LogP contribution in [0.3, 0.4) is 0 Å². The average molecular weight is 266 g/mol. The molecule has 4 heteroatoms. The second-order valence-electron chi connectivity index (χ2n) is 6.01. The molecule has 0 radical (unpaired) electrons. The van der Waals surface area contributed by atoms with Crippen LogP contribution in [0.2, 0.25) is 0 Å². The zero-order valence-electron chi connectivity index (χ0n) is 12.2. The molecule has 3 atom stereocenters. The van der Waals surface area contributed by atoms with Crippen LogP contribution in [0.15, 0.2) is 0 Å². The summed E-state index contributed by atoms with van der Waals surface area (Å²) in [6.07, 6.45) is 6.37. The van der Waals surface area contributed by atoms with E-state index in [-0.39, 0.29) is 29.7 Å². The Morgan fingerprint density at radius 2 is 1.79 bits per heavy atom. The van der Waals surface area contributed by atoms with Crippen molar-refractivity contribution in [1.29, 1.82) is 0 Å². The van der Waals surface area contributed by atoms with Gasteiger partial charge in [0, 0.05) is 19.1 Å². The molecule has 4 nitrogen and oxygen atoms in total. The molecule has 0 bridgehead atoms. The van der Waals surface area contributed by atoms with Crippen molar-refractivity contribution in [3.63, 3.8) is 0 Å². The van der Waals surface area contributed by atoms with Gasteiger partial charge in [0.05, 0.1) is 11.8 Å². The fourth-order valence-electron chi connectivity index (χ4n) is 2.74. The fraction of sp³-hybridized carbons (Fsp3) is 0.867. The number of carbonyl (C=O) groups is 2. The Labute approximate surface area is 115 Å². The number of amides is 2. The number of rotatable bonds is 4. The molecule has 0 spiro atoms. The molecule has 1 saturated heterocycles. The fourth-order valence-corrected chi connectivity index (χ4v) is 2.74. The lowest BCUT2D eigenvalue weighted by Crippen LogP contribution is -2.37. The highest BCUT2D eigenvalue weighted by atomic mass is 16.2. The lowest BCUT2D eigenvalue weighted by Gasteiger charge is -2.20. The van der Waals surface area contributed by atoms with Crippen LogP contribution in [0.5, 0.6) is 0 Å². The summed E-state index contributed by atoms with van der Waals surface area (Å²) in [5.74, 6) is 0.181. The summed E-state index contributed by atoms with van der Waals surface area (Å²) in [4.78, 5) is 26.3. The van der Waals surface area contributed by atoms with Gasteiger partial charge >= 0.3 is 0 Å². The monoisotopic (exact) mass is 266 g/mol. The second kappa shape index (κ2) is 6.40. The smallest absolute Gasteiger partial charge is 0.226 e. The molecule has 108 valence electrons. The van der Waals surface area contributed by atoms with E-state index in [0.29, 0.717) is 0 Å². The second-order valence-corrected chi connectivity index (χ2v) is 6.01. The van der Waals surface area contributed by atoms with Crippen LogP contribution in [-0.2, 0) is 9.59 Å². The molecule has 1 aliphatic carbocycles. The van der Waals surface area contributed by atoms with Crippen LogP contribution in [0.25, 0.3) is 0 Å². The van der Waals surface area contributed by atoms with Crippen molar-refractivity contribution in [3.8, 4) is 0 Å². The highest BCUT2D eigenvalue weighted by Crippen LogP contribution is 2.40. The van der Waals surface area contributed by atoms with Crippen LogP contribution in [0.4, 0.5) is 0 Å². The highest BCUT2D eigenvalue weighted by Gasteiger charge is 2.49. The summed E-state index contributed by atoms with van der Waals surface area (Å²) in [6, 6.07) is 0.210. The van der Waals surface area contributed by atoms with Gasteiger partial charge in [-0.15, -0.1) is 0 Å². The maximum absolute atomic E-state index is 12.3. The van der Waals surface area contributed by atoms with E-state index in [9.17, 15) is 9.59 Å². The standard InChI is InChI=1S/C15H26N2O2/c1-3-11(2)16-14(18)12-10-13(12)15(19)17-8-6-4-5-7-9-17/h11-13H,3-10H2,1-2H3,(H,16,18). The first-order chi connectivity index (χ1) is 9.13. The van der Waals surface area contributed by atoms with E-state index in [1.54, 1.807) is 0 Å². The first-order valence-corrected chi connectivity index (χ1v) is 7.72. The maximum Gasteiger partial charge on any atom is 0.226 e. The van der Waals surface area contributed by atoms with Gasteiger partial charge in [-0.2, -0.15) is 0 Å². The first kappa shape index (κ1) is 14.4. The minimum absolute atomic E-state index is 0.0397. The van der Waals surface area contributed by atoms with E-state index < -0.39 is 0 Å². The molecule has 1 saturated carbocycles. The van der Waals surface area contributed by atoms with E-state index in [4.69, 9.17) is 0 Å². The van der Waals surface area contributed by atoms with Gasteiger partial charge in [0.15, 0.2) is 0 Å². The van der Waals surface area contributed by atoms with Crippen LogP contribution in [-0.4, -0.2) is 35.8 Å². The predicted octanol–water partition coefficient (Wildman–Crippen LogP) is 1.94. The number of carbonyl (C=O) groups excluding carboxylic acids is 2. The van der Waals surface area contributed by atoms with Gasteiger partial charge in [-0.3, -0.25) is 9.59 Å². The summed E-state index contributed by atoms with van der Waals surface area (Å²) in [5.41, 5.74) is 0. The molecule has 2 rings (SSSR count). The molecule has 0 aromatic carbocycles. The van der Waals surface area contributed by atoms with Crippen molar-refractivity contribution >= 4 is 11.8 Å². The Kier molecular flexibility index (Phi) is 4.83. The Bertz CT molecular complexity index is 335. The van der Waals surface area contributed by atoms with Crippen LogP contribution in [0.1, 0.15) is 52.4 Å². The molecule has 1 N–H and O–H groups in total. The third-order valence-electron chi connectivity index (χ3n) is 4.36. The van der Waals surface area contributed by atoms with Gasteiger partial charge in [-0.1, -0.05) is 19.8 Å². The average Bonchev–Trinajstić information content (AvgIpc) is 3.21. The highest BCUT2D eigenvalue weighted by molar-refractivity contribution is 5.92. The minimum Gasteiger partial charge on any atom is -0.353 e. The Balaban J connectivity index is 1.81. The summed E-state index contributed by atoms with van der Waals surface area (Å²) in [5, 5.41) is 2.98. The molecule has 2 fully saturated rings. The van der Waals surface area contributed by atoms with Crippen molar-refractivity contribution in [2.75, 3.05) is 13.1 Å². The van der Waals surface area contributed by atoms with Crippen molar-refractivity contribution in [1.82, 2.24) is 10.2 Å². The molecule has 2 aliphatic rings. The molecule has 0 aromatic rings. The minimum atomic E-state index is -0.0650. The summed E-state index contributed by atoms with van der Waals surface area (Å²) < 4.78 is 0. The first-order valence-electron chi connectivity index (χ1n) is 7.72. The SMILES string of the molecule is CCC(C)NC(=O)C1CC1C(=O)N1CCCCCC1. The molecule has 3 unspecified atom stereocenters. The van der Waals surface area contributed by atoms with Crippen molar-refractivity contribution in [3.05, 3.63) is 0 Å². The largest absolute Gasteiger partial charge is 0.353 e. The van der Waals surface area contributed by atoms with E-state index in [0.717, 1.165) is 38.8 Å². The van der Waals surface area contributed by atoms with E-state index in [1.807, 2.05) is 11.8 Å². The van der Waals surface area contributed by atoms with E-state index >= 15 is 0 Å². The van der Waals surface area contributed by atoms with Gasteiger partial charge < -0.3 is 10.2 Å². The van der Waals surface area contributed by atoms with Gasteiger partial charge in [0.25, 0.3) is 0 Å². The molecule has 1 aliphatic heterocycles. The van der Waals surface area contributed by atoms with Crippen molar-refractivity contribution in [2.45, 2.75) is 58.4 Å². The summed E-state index contributed by atoms with van der Waals surface area (Å²) >= 11 is 0. The summed E-state index contributed by atoms with van der Waals surface area (Å²) in [7, 11) is 0. The topological polar surface area (TPSA) is 49.4 Å². The van der Waals surface area contributed by atoms with Crippen LogP contribution >= 0.6 is 0 Å². The lowest BCUT2D eigenvalue weighted by atomic mass is 10.2. The van der Waals surface area contributed by atoms with Gasteiger partial charge in [0.1, 0.15) is 0 Å². The van der Waals surface area contributed by atoms with Gasteiger partial charge in [-0.25, -0.2) is 0 Å². The van der Waals surface area contributed by atoms with Crippen LogP contribution in [0, 0.1) is 11.8 Å². The van der Waals surface area contributed by atoms with Crippen LogP contribution < -0.4 is 5.32 Å². The number of likely N-dealkylation sites (tertiary alicyclic amines) is 1. The van der Waals surface area contributed by atoms with Gasteiger partial charge in [0.2, 0.25) is 11.8 Å². The number of hydrogen-bond acceptors (Lipinski definition) is 2. The number of nitrogens with one attached hydrogen (secondary N) is 1. The quantitative estimate of drug-likeness (QED) is 0.845. The molecular formula is C15H26N2O2. The number of hydrogen-bond donors (Lipinski definition) is 1. The van der Waals surface area contributed by atoms with Gasteiger partial charge in [-0.05, 0) is 32.6 Å².